The van der Waals surface area contributed by atoms with Gasteiger partial charge in [-0.05, 0) is 49.8 Å². The Labute approximate surface area is 92.1 Å². The first-order valence-corrected chi connectivity index (χ1v) is 5.53. The summed E-state index contributed by atoms with van der Waals surface area (Å²) in [6.45, 7) is 6.23. The van der Waals surface area contributed by atoms with Gasteiger partial charge in [-0.25, -0.2) is 0 Å². The molecule has 0 fully saturated rings. The molecule has 0 aliphatic heterocycles. The molecule has 1 aromatic carbocycles. The highest BCUT2D eigenvalue weighted by Crippen LogP contribution is 2.24. The second-order valence-electron chi connectivity index (χ2n) is 4.59. The van der Waals surface area contributed by atoms with E-state index < -0.39 is 0 Å². The van der Waals surface area contributed by atoms with Gasteiger partial charge in [0.25, 0.3) is 0 Å². The first-order valence-electron chi connectivity index (χ1n) is 5.53. The average Bonchev–Trinajstić information content (AvgIpc) is 2.10. The van der Waals surface area contributed by atoms with E-state index in [1.807, 2.05) is 26.0 Å². The van der Waals surface area contributed by atoms with Gasteiger partial charge in [0.2, 0.25) is 0 Å². The third kappa shape index (κ3) is 3.56. The van der Waals surface area contributed by atoms with Crippen LogP contribution in [0.1, 0.15) is 31.4 Å². The van der Waals surface area contributed by atoms with Gasteiger partial charge < -0.3 is 10.8 Å². The number of nitrogens with two attached hydrogens (primary N) is 1. The van der Waals surface area contributed by atoms with Gasteiger partial charge in [0.1, 0.15) is 5.75 Å². The molecule has 2 heteroatoms. The van der Waals surface area contributed by atoms with Gasteiger partial charge in [0, 0.05) is 6.04 Å². The van der Waals surface area contributed by atoms with Gasteiger partial charge in [0.15, 0.2) is 0 Å². The Hall–Kier alpha value is -1.02. The highest BCUT2D eigenvalue weighted by Gasteiger charge is 2.11. The van der Waals surface area contributed by atoms with E-state index in [4.69, 9.17) is 5.73 Å². The van der Waals surface area contributed by atoms with Crippen LogP contribution in [0.3, 0.4) is 0 Å². The summed E-state index contributed by atoms with van der Waals surface area (Å²) in [4.78, 5) is 0. The second-order valence-corrected chi connectivity index (χ2v) is 4.59. The molecule has 0 aliphatic rings. The summed E-state index contributed by atoms with van der Waals surface area (Å²) in [5.41, 5.74) is 7.98. The van der Waals surface area contributed by atoms with E-state index in [1.165, 1.54) is 0 Å². The van der Waals surface area contributed by atoms with Crippen molar-refractivity contribution in [3.8, 4) is 5.75 Å². The molecule has 0 radical (unpaired) electrons. The molecule has 1 rings (SSSR count). The SMILES string of the molecule is Cc1cccc(O)c1CC(C)CC(C)N. The molecule has 0 aromatic heterocycles. The summed E-state index contributed by atoms with van der Waals surface area (Å²) < 4.78 is 0. The Bertz CT molecular complexity index is 300. The van der Waals surface area contributed by atoms with Crippen molar-refractivity contribution in [3.63, 3.8) is 0 Å². The van der Waals surface area contributed by atoms with Gasteiger partial charge in [-0.15, -0.1) is 0 Å². The number of aromatic hydroxyl groups is 1. The van der Waals surface area contributed by atoms with Crippen LogP contribution < -0.4 is 5.73 Å². The van der Waals surface area contributed by atoms with Gasteiger partial charge in [0.05, 0.1) is 0 Å². The van der Waals surface area contributed by atoms with E-state index in [9.17, 15) is 5.11 Å². The number of rotatable bonds is 4. The van der Waals surface area contributed by atoms with E-state index in [0.717, 1.165) is 24.0 Å². The van der Waals surface area contributed by atoms with Gasteiger partial charge in [-0.1, -0.05) is 19.1 Å². The first-order chi connectivity index (χ1) is 7.00. The van der Waals surface area contributed by atoms with Crippen molar-refractivity contribution in [2.45, 2.75) is 39.7 Å². The normalized spacial score (nSPS) is 14.9. The monoisotopic (exact) mass is 207 g/mol. The van der Waals surface area contributed by atoms with Crippen LogP contribution in [-0.4, -0.2) is 11.1 Å². The zero-order valence-corrected chi connectivity index (χ0v) is 9.83. The number of hydrogen-bond donors (Lipinski definition) is 2. The van der Waals surface area contributed by atoms with Crippen molar-refractivity contribution in [2.24, 2.45) is 11.7 Å². The molecule has 0 heterocycles. The van der Waals surface area contributed by atoms with E-state index in [1.54, 1.807) is 6.07 Å². The molecule has 0 aliphatic carbocycles. The molecule has 2 unspecified atom stereocenters. The number of benzene rings is 1. The molecule has 84 valence electrons. The molecule has 2 atom stereocenters. The number of hydrogen-bond acceptors (Lipinski definition) is 2. The largest absolute Gasteiger partial charge is 0.508 e. The molecule has 3 N–H and O–H groups in total. The predicted octanol–water partition coefficient (Wildman–Crippen LogP) is 2.62. The standard InChI is InChI=1S/C13H21NO/c1-9(7-11(3)14)8-12-10(2)5-4-6-13(12)15/h4-6,9,11,15H,7-8,14H2,1-3H3. The average molecular weight is 207 g/mol. The summed E-state index contributed by atoms with van der Waals surface area (Å²) in [5.74, 6) is 0.920. The van der Waals surface area contributed by atoms with E-state index in [-0.39, 0.29) is 6.04 Å². The van der Waals surface area contributed by atoms with E-state index in [0.29, 0.717) is 11.7 Å². The van der Waals surface area contributed by atoms with Crippen molar-refractivity contribution in [3.05, 3.63) is 29.3 Å². The maximum Gasteiger partial charge on any atom is 0.119 e. The fourth-order valence-corrected chi connectivity index (χ4v) is 2.02. The smallest absolute Gasteiger partial charge is 0.119 e. The van der Waals surface area contributed by atoms with Gasteiger partial charge in [-0.2, -0.15) is 0 Å². The Kier molecular flexibility index (Phi) is 4.15. The van der Waals surface area contributed by atoms with Crippen LogP contribution in [0.25, 0.3) is 0 Å². The van der Waals surface area contributed by atoms with Crippen molar-refractivity contribution in [2.75, 3.05) is 0 Å². The van der Waals surface area contributed by atoms with Crippen LogP contribution in [0.15, 0.2) is 18.2 Å². The first kappa shape index (κ1) is 12.1. The summed E-state index contributed by atoms with van der Waals surface area (Å²) in [6.07, 6.45) is 1.90. The summed E-state index contributed by atoms with van der Waals surface area (Å²) in [7, 11) is 0. The van der Waals surface area contributed by atoms with Crippen molar-refractivity contribution >= 4 is 0 Å². The molecule has 1 aromatic rings. The molecule has 2 nitrogen and oxygen atoms in total. The minimum absolute atomic E-state index is 0.228. The molecular weight excluding hydrogens is 186 g/mol. The predicted molar refractivity (Wildman–Crippen MR) is 64.0 cm³/mol. The molecule has 0 amide bonds. The van der Waals surface area contributed by atoms with Crippen LogP contribution in [0.4, 0.5) is 0 Å². The molecule has 15 heavy (non-hydrogen) atoms. The minimum atomic E-state index is 0.228. The highest BCUT2D eigenvalue weighted by atomic mass is 16.3. The maximum atomic E-state index is 9.74. The molecule has 0 saturated carbocycles. The fraction of sp³-hybridized carbons (Fsp3) is 0.538. The summed E-state index contributed by atoms with van der Waals surface area (Å²) >= 11 is 0. The zero-order valence-electron chi connectivity index (χ0n) is 9.83. The number of phenols is 1. The molecule has 0 bridgehead atoms. The van der Waals surface area contributed by atoms with Crippen LogP contribution in [0.2, 0.25) is 0 Å². The van der Waals surface area contributed by atoms with Crippen LogP contribution in [-0.2, 0) is 6.42 Å². The lowest BCUT2D eigenvalue weighted by Crippen LogP contribution is -2.19. The Morgan fingerprint density at radius 1 is 1.33 bits per heavy atom. The van der Waals surface area contributed by atoms with E-state index in [2.05, 4.69) is 6.92 Å². The topological polar surface area (TPSA) is 46.2 Å². The Morgan fingerprint density at radius 2 is 2.00 bits per heavy atom. The molecular formula is C13H21NO. The van der Waals surface area contributed by atoms with Gasteiger partial charge in [-0.3, -0.25) is 0 Å². The maximum absolute atomic E-state index is 9.74. The van der Waals surface area contributed by atoms with E-state index >= 15 is 0 Å². The third-order valence-electron chi connectivity index (χ3n) is 2.71. The van der Waals surface area contributed by atoms with Crippen molar-refractivity contribution in [1.29, 1.82) is 0 Å². The highest BCUT2D eigenvalue weighted by molar-refractivity contribution is 5.38. The quantitative estimate of drug-likeness (QED) is 0.797. The lowest BCUT2D eigenvalue weighted by molar-refractivity contribution is 0.442. The van der Waals surface area contributed by atoms with Crippen LogP contribution >= 0.6 is 0 Å². The third-order valence-corrected chi connectivity index (χ3v) is 2.71. The van der Waals surface area contributed by atoms with Crippen molar-refractivity contribution in [1.82, 2.24) is 0 Å². The molecule has 0 spiro atoms. The number of phenolic OH excluding ortho intramolecular Hbond substituents is 1. The van der Waals surface area contributed by atoms with Crippen LogP contribution in [0, 0.1) is 12.8 Å². The Balaban J connectivity index is 2.71. The zero-order chi connectivity index (χ0) is 11.4. The molecule has 0 saturated heterocycles. The fourth-order valence-electron chi connectivity index (χ4n) is 2.02. The Morgan fingerprint density at radius 3 is 2.53 bits per heavy atom. The second kappa shape index (κ2) is 5.17. The van der Waals surface area contributed by atoms with Crippen molar-refractivity contribution < 1.29 is 5.11 Å². The van der Waals surface area contributed by atoms with Gasteiger partial charge >= 0.3 is 0 Å². The summed E-state index contributed by atoms with van der Waals surface area (Å²) in [6, 6.07) is 5.89. The van der Waals surface area contributed by atoms with Crippen LogP contribution in [0.5, 0.6) is 5.75 Å². The summed E-state index contributed by atoms with van der Waals surface area (Å²) in [5, 5.41) is 9.74. The number of aryl methyl sites for hydroxylation is 1. The minimum Gasteiger partial charge on any atom is -0.508 e. The lowest BCUT2D eigenvalue weighted by Gasteiger charge is -2.16. The lowest BCUT2D eigenvalue weighted by atomic mass is 9.92.